The fourth-order valence-electron chi connectivity index (χ4n) is 2.76. The molecule has 5 nitrogen and oxygen atoms in total. The summed E-state index contributed by atoms with van der Waals surface area (Å²) >= 11 is 0. The van der Waals surface area contributed by atoms with E-state index in [-0.39, 0.29) is 18.5 Å². The van der Waals surface area contributed by atoms with E-state index in [1.54, 1.807) is 6.92 Å². The van der Waals surface area contributed by atoms with Crippen LogP contribution in [0.3, 0.4) is 0 Å². The average Bonchev–Trinajstić information content (AvgIpc) is 3.01. The number of rotatable bonds is 4. The second-order valence-corrected chi connectivity index (χ2v) is 5.08. The first-order chi connectivity index (χ1) is 8.08. The van der Waals surface area contributed by atoms with Gasteiger partial charge in [0.15, 0.2) is 0 Å². The molecule has 0 bridgehead atoms. The summed E-state index contributed by atoms with van der Waals surface area (Å²) < 4.78 is 0. The number of carbonyl (C=O) groups excluding carboxylic acids is 1. The normalized spacial score (nSPS) is 25.6. The van der Waals surface area contributed by atoms with Crippen molar-refractivity contribution in [3.05, 3.63) is 0 Å². The fraction of sp³-hybridized carbons (Fsp3) is 0.833. The molecule has 1 heterocycles. The molecule has 0 aromatic rings. The number of aliphatic carboxylic acids is 1. The number of nitrogens with zero attached hydrogens (tertiary/aromatic N) is 2. The van der Waals surface area contributed by atoms with Crippen molar-refractivity contribution in [2.75, 3.05) is 19.6 Å². The lowest BCUT2D eigenvalue weighted by atomic mass is 10.0. The molecule has 0 radical (unpaired) electrons. The lowest BCUT2D eigenvalue weighted by Gasteiger charge is -2.38. The summed E-state index contributed by atoms with van der Waals surface area (Å²) in [6.07, 6.45) is 4.20. The summed E-state index contributed by atoms with van der Waals surface area (Å²) in [6.45, 7) is 3.25. The molecule has 2 aliphatic rings. The maximum Gasteiger partial charge on any atom is 0.317 e. The first-order valence-corrected chi connectivity index (χ1v) is 6.31. The Morgan fingerprint density at radius 1 is 1.29 bits per heavy atom. The quantitative estimate of drug-likeness (QED) is 0.779. The van der Waals surface area contributed by atoms with Crippen LogP contribution in [0.2, 0.25) is 0 Å². The molecule has 1 saturated carbocycles. The Morgan fingerprint density at radius 3 is 2.53 bits per heavy atom. The number of carbonyl (C=O) groups is 2. The molecule has 0 unspecified atom stereocenters. The summed E-state index contributed by atoms with van der Waals surface area (Å²) in [6, 6.07) is 0.635. The summed E-state index contributed by atoms with van der Waals surface area (Å²) in [4.78, 5) is 26.3. The van der Waals surface area contributed by atoms with E-state index in [0.717, 1.165) is 32.2 Å². The molecule has 2 fully saturated rings. The van der Waals surface area contributed by atoms with Crippen molar-refractivity contribution in [2.45, 2.75) is 44.7 Å². The standard InChI is InChI=1S/C12H20N2O3/c1-9(15)14(10-4-5-10)11-3-2-6-13(7-11)8-12(16)17/h10-11H,2-8H2,1H3,(H,16,17)/t11-/m1/s1. The van der Waals surface area contributed by atoms with Crippen molar-refractivity contribution < 1.29 is 14.7 Å². The van der Waals surface area contributed by atoms with Gasteiger partial charge in [-0.15, -0.1) is 0 Å². The molecule has 1 aliphatic heterocycles. The van der Waals surface area contributed by atoms with E-state index < -0.39 is 5.97 Å². The monoisotopic (exact) mass is 240 g/mol. The van der Waals surface area contributed by atoms with Crippen LogP contribution < -0.4 is 0 Å². The van der Waals surface area contributed by atoms with E-state index in [1.807, 2.05) is 9.80 Å². The minimum atomic E-state index is -0.786. The van der Waals surface area contributed by atoms with E-state index in [2.05, 4.69) is 0 Å². The lowest BCUT2D eigenvalue weighted by molar-refractivity contribution is -0.139. The molecule has 1 N–H and O–H groups in total. The zero-order valence-electron chi connectivity index (χ0n) is 10.3. The predicted octanol–water partition coefficient (Wildman–Crippen LogP) is 0.546. The van der Waals surface area contributed by atoms with Gasteiger partial charge in [0, 0.05) is 25.6 Å². The second kappa shape index (κ2) is 5.04. The van der Waals surface area contributed by atoms with Crippen LogP contribution >= 0.6 is 0 Å². The van der Waals surface area contributed by atoms with Crippen molar-refractivity contribution in [1.82, 2.24) is 9.80 Å². The Balaban J connectivity index is 1.95. The SMILES string of the molecule is CC(=O)N(C1CC1)[C@@H]1CCCN(CC(=O)O)C1. The van der Waals surface area contributed by atoms with Crippen LogP contribution in [-0.2, 0) is 9.59 Å². The molecule has 1 atom stereocenters. The van der Waals surface area contributed by atoms with Crippen molar-refractivity contribution in [3.63, 3.8) is 0 Å². The number of piperidine rings is 1. The number of carboxylic acids is 1. The average molecular weight is 240 g/mol. The van der Waals surface area contributed by atoms with Gasteiger partial charge in [0.05, 0.1) is 6.54 Å². The minimum Gasteiger partial charge on any atom is -0.480 e. The molecule has 1 aliphatic carbocycles. The van der Waals surface area contributed by atoms with Crippen LogP contribution in [0, 0.1) is 0 Å². The van der Waals surface area contributed by atoms with Crippen LogP contribution in [0.1, 0.15) is 32.6 Å². The summed E-state index contributed by atoms with van der Waals surface area (Å²) in [5, 5.41) is 8.80. The third kappa shape index (κ3) is 3.19. The molecule has 17 heavy (non-hydrogen) atoms. The molecule has 96 valence electrons. The van der Waals surface area contributed by atoms with Gasteiger partial charge in [-0.3, -0.25) is 14.5 Å². The number of amides is 1. The Kier molecular flexibility index (Phi) is 3.66. The van der Waals surface area contributed by atoms with E-state index in [4.69, 9.17) is 5.11 Å². The molecule has 1 saturated heterocycles. The van der Waals surface area contributed by atoms with Crippen molar-refractivity contribution in [2.24, 2.45) is 0 Å². The Morgan fingerprint density at radius 2 is 2.00 bits per heavy atom. The van der Waals surface area contributed by atoms with Gasteiger partial charge in [0.2, 0.25) is 5.91 Å². The maximum absolute atomic E-state index is 11.6. The van der Waals surface area contributed by atoms with Crippen LogP contribution in [0.4, 0.5) is 0 Å². The Hall–Kier alpha value is -1.10. The zero-order valence-corrected chi connectivity index (χ0v) is 10.3. The van der Waals surface area contributed by atoms with Gasteiger partial charge in [0.1, 0.15) is 0 Å². The van der Waals surface area contributed by atoms with E-state index >= 15 is 0 Å². The van der Waals surface area contributed by atoms with Gasteiger partial charge in [-0.1, -0.05) is 0 Å². The smallest absolute Gasteiger partial charge is 0.317 e. The number of carboxylic acid groups (broad SMARTS) is 1. The van der Waals surface area contributed by atoms with Crippen LogP contribution in [0.15, 0.2) is 0 Å². The number of hydrogen-bond acceptors (Lipinski definition) is 3. The third-order valence-electron chi connectivity index (χ3n) is 3.54. The predicted molar refractivity (Wildman–Crippen MR) is 62.6 cm³/mol. The van der Waals surface area contributed by atoms with E-state index in [0.29, 0.717) is 12.6 Å². The largest absolute Gasteiger partial charge is 0.480 e. The summed E-state index contributed by atoms with van der Waals surface area (Å²) in [5.74, 6) is -0.652. The van der Waals surface area contributed by atoms with Crippen LogP contribution in [0.25, 0.3) is 0 Å². The minimum absolute atomic E-state index is 0.0902. The third-order valence-corrected chi connectivity index (χ3v) is 3.54. The highest BCUT2D eigenvalue weighted by atomic mass is 16.4. The van der Waals surface area contributed by atoms with Crippen LogP contribution in [-0.4, -0.2) is 58.5 Å². The van der Waals surface area contributed by atoms with Gasteiger partial charge in [-0.05, 0) is 32.2 Å². The van der Waals surface area contributed by atoms with Crippen molar-refractivity contribution in [1.29, 1.82) is 0 Å². The Labute approximate surface area is 101 Å². The van der Waals surface area contributed by atoms with E-state index in [1.165, 1.54) is 0 Å². The topological polar surface area (TPSA) is 60.9 Å². The first-order valence-electron chi connectivity index (χ1n) is 6.31. The first kappa shape index (κ1) is 12.4. The second-order valence-electron chi connectivity index (χ2n) is 5.08. The molecular formula is C12H20N2O3. The van der Waals surface area contributed by atoms with Gasteiger partial charge < -0.3 is 10.0 Å². The molecule has 1 amide bonds. The van der Waals surface area contributed by atoms with Gasteiger partial charge in [-0.2, -0.15) is 0 Å². The molecular weight excluding hydrogens is 220 g/mol. The molecule has 5 heteroatoms. The molecule has 0 spiro atoms. The number of hydrogen-bond donors (Lipinski definition) is 1. The van der Waals surface area contributed by atoms with Crippen molar-refractivity contribution >= 4 is 11.9 Å². The van der Waals surface area contributed by atoms with Crippen LogP contribution in [0.5, 0.6) is 0 Å². The maximum atomic E-state index is 11.6. The molecule has 0 aromatic carbocycles. The fourth-order valence-corrected chi connectivity index (χ4v) is 2.76. The summed E-state index contributed by atoms with van der Waals surface area (Å²) in [7, 11) is 0. The van der Waals surface area contributed by atoms with Gasteiger partial charge in [0.25, 0.3) is 0 Å². The van der Waals surface area contributed by atoms with Gasteiger partial charge in [-0.25, -0.2) is 0 Å². The molecule has 0 aromatic heterocycles. The van der Waals surface area contributed by atoms with E-state index in [9.17, 15) is 9.59 Å². The highest BCUT2D eigenvalue weighted by Gasteiger charge is 2.37. The molecule has 2 rings (SSSR count). The summed E-state index contributed by atoms with van der Waals surface area (Å²) in [5.41, 5.74) is 0. The Bertz CT molecular complexity index is 315. The number of likely N-dealkylation sites (tertiary alicyclic amines) is 1. The van der Waals surface area contributed by atoms with Crippen molar-refractivity contribution in [3.8, 4) is 0 Å². The zero-order chi connectivity index (χ0) is 12.4. The van der Waals surface area contributed by atoms with Gasteiger partial charge >= 0.3 is 5.97 Å². The highest BCUT2D eigenvalue weighted by molar-refractivity contribution is 5.74. The highest BCUT2D eigenvalue weighted by Crippen LogP contribution is 2.31. The lowest BCUT2D eigenvalue weighted by Crippen LogP contribution is -2.51.